The van der Waals surface area contributed by atoms with Crippen molar-refractivity contribution in [2.45, 2.75) is 51.4 Å². The van der Waals surface area contributed by atoms with Gasteiger partial charge in [-0.1, -0.05) is 38.1 Å². The second-order valence-electron chi connectivity index (χ2n) is 8.55. The van der Waals surface area contributed by atoms with E-state index in [0.29, 0.717) is 0 Å². The maximum Gasteiger partial charge on any atom is 0.243 e. The van der Waals surface area contributed by atoms with Gasteiger partial charge in [-0.2, -0.15) is 0 Å². The molecule has 9 heteroatoms. The Balaban J connectivity index is 1.73. The van der Waals surface area contributed by atoms with E-state index in [0.717, 1.165) is 22.4 Å². The molecule has 0 unspecified atom stereocenters. The zero-order valence-electron chi connectivity index (χ0n) is 18.6. The number of rotatable bonds is 7. The maximum atomic E-state index is 13.0. The first-order valence-electron chi connectivity index (χ1n) is 10.7. The van der Waals surface area contributed by atoms with E-state index in [9.17, 15) is 19.8 Å². The van der Waals surface area contributed by atoms with E-state index in [1.807, 2.05) is 45.0 Å². The highest BCUT2D eigenvalue weighted by molar-refractivity contribution is 5.90. The molecule has 3 rings (SSSR count). The summed E-state index contributed by atoms with van der Waals surface area (Å²) < 4.78 is 0. The number of likely N-dealkylation sites (tertiary alicyclic amines) is 1. The van der Waals surface area contributed by atoms with Gasteiger partial charge in [0.05, 0.1) is 24.8 Å². The van der Waals surface area contributed by atoms with Crippen LogP contribution in [0.15, 0.2) is 36.8 Å². The second kappa shape index (κ2) is 10.2. The lowest BCUT2D eigenvalue weighted by molar-refractivity contribution is -0.140. The summed E-state index contributed by atoms with van der Waals surface area (Å²) >= 11 is 0. The third-order valence-corrected chi connectivity index (χ3v) is 5.90. The number of aliphatic hydroxyl groups is 2. The zero-order valence-corrected chi connectivity index (χ0v) is 18.6. The van der Waals surface area contributed by atoms with E-state index in [4.69, 9.17) is 5.73 Å². The summed E-state index contributed by atoms with van der Waals surface area (Å²) in [7, 11) is 0. The summed E-state index contributed by atoms with van der Waals surface area (Å²) in [6.45, 7) is 5.31. The summed E-state index contributed by atoms with van der Waals surface area (Å²) in [6, 6.07) is 5.17. The predicted octanol–water partition coefficient (Wildman–Crippen LogP) is 0.547. The molecule has 1 aromatic carbocycles. The molecule has 0 aliphatic carbocycles. The monoisotopic (exact) mass is 441 g/mol. The number of carbonyl (C=O) groups is 2. The molecular formula is C23H31N5O4. The Bertz CT molecular complexity index is 950. The molecule has 0 bridgehead atoms. The van der Waals surface area contributed by atoms with Crippen molar-refractivity contribution in [2.24, 2.45) is 11.7 Å². The minimum atomic E-state index is -0.834. The standard InChI is InChI=1S/C23H31N5O4/c1-13(2)21(24)23(32)28-10-17(30)8-20(28)22(31)27-19(11-29)16-6-4-15(5-7-16)18-9-25-12-26-14(18)3/h4-7,9,12-13,17,19-21,29-30H,8,10-11,24H2,1-3H3,(H,27,31)/t17-,19+,20+,21+/m1/s1. The molecule has 32 heavy (non-hydrogen) atoms. The van der Waals surface area contributed by atoms with Gasteiger partial charge in [0.1, 0.15) is 12.4 Å². The van der Waals surface area contributed by atoms with E-state index in [1.165, 1.54) is 11.2 Å². The maximum absolute atomic E-state index is 13.0. The first-order chi connectivity index (χ1) is 15.2. The number of carbonyl (C=O) groups excluding carboxylic acids is 2. The Labute approximate surface area is 187 Å². The van der Waals surface area contributed by atoms with Crippen LogP contribution in [0.5, 0.6) is 0 Å². The van der Waals surface area contributed by atoms with E-state index in [2.05, 4.69) is 15.3 Å². The van der Waals surface area contributed by atoms with E-state index in [-0.39, 0.29) is 31.4 Å². The largest absolute Gasteiger partial charge is 0.394 e. The Morgan fingerprint density at radius 1 is 1.28 bits per heavy atom. The van der Waals surface area contributed by atoms with Crippen LogP contribution in [0, 0.1) is 12.8 Å². The molecule has 0 radical (unpaired) electrons. The van der Waals surface area contributed by atoms with Gasteiger partial charge >= 0.3 is 0 Å². The molecular weight excluding hydrogens is 410 g/mol. The van der Waals surface area contributed by atoms with Crippen LogP contribution in [0.3, 0.4) is 0 Å². The first-order valence-corrected chi connectivity index (χ1v) is 10.7. The predicted molar refractivity (Wildman–Crippen MR) is 119 cm³/mol. The third kappa shape index (κ3) is 5.12. The highest BCUT2D eigenvalue weighted by atomic mass is 16.3. The van der Waals surface area contributed by atoms with Crippen molar-refractivity contribution >= 4 is 11.8 Å². The Hall–Kier alpha value is -2.88. The van der Waals surface area contributed by atoms with Crippen molar-refractivity contribution in [3.8, 4) is 11.1 Å². The average Bonchev–Trinajstić information content (AvgIpc) is 3.18. The molecule has 0 spiro atoms. The number of aliphatic hydroxyl groups excluding tert-OH is 2. The van der Waals surface area contributed by atoms with Crippen LogP contribution < -0.4 is 11.1 Å². The van der Waals surface area contributed by atoms with Crippen LogP contribution in [0.25, 0.3) is 11.1 Å². The lowest BCUT2D eigenvalue weighted by Crippen LogP contribution is -2.53. The molecule has 172 valence electrons. The van der Waals surface area contributed by atoms with Gasteiger partial charge in [-0.3, -0.25) is 9.59 Å². The number of nitrogens with zero attached hydrogens (tertiary/aromatic N) is 3. The fourth-order valence-corrected chi connectivity index (χ4v) is 3.85. The zero-order chi connectivity index (χ0) is 23.4. The van der Waals surface area contributed by atoms with Crippen LogP contribution in [-0.2, 0) is 9.59 Å². The van der Waals surface area contributed by atoms with E-state index < -0.39 is 30.1 Å². The van der Waals surface area contributed by atoms with E-state index >= 15 is 0 Å². The third-order valence-electron chi connectivity index (χ3n) is 5.90. The van der Waals surface area contributed by atoms with Gasteiger partial charge in [-0.15, -0.1) is 0 Å². The number of benzene rings is 1. The number of aromatic nitrogens is 2. The summed E-state index contributed by atoms with van der Waals surface area (Å²) in [6.07, 6.45) is 2.57. The van der Waals surface area contributed by atoms with Gasteiger partial charge in [0.25, 0.3) is 0 Å². The Kier molecular flexibility index (Phi) is 7.55. The van der Waals surface area contributed by atoms with Crippen LogP contribution in [0.1, 0.15) is 37.6 Å². The van der Waals surface area contributed by atoms with Gasteiger partial charge in [-0.05, 0) is 24.0 Å². The molecule has 0 saturated carbocycles. The topological polar surface area (TPSA) is 142 Å². The Morgan fingerprint density at radius 3 is 2.56 bits per heavy atom. The van der Waals surface area contributed by atoms with Gasteiger partial charge in [0, 0.05) is 30.4 Å². The quantitative estimate of drug-likeness (QED) is 0.491. The minimum Gasteiger partial charge on any atom is -0.394 e. The van der Waals surface area contributed by atoms with Gasteiger partial charge < -0.3 is 26.2 Å². The molecule has 1 saturated heterocycles. The normalized spacial score (nSPS) is 20.3. The van der Waals surface area contributed by atoms with Gasteiger partial charge in [0.15, 0.2) is 0 Å². The van der Waals surface area contributed by atoms with Gasteiger partial charge in [0.2, 0.25) is 11.8 Å². The van der Waals surface area contributed by atoms with Crippen LogP contribution in [0.2, 0.25) is 0 Å². The molecule has 2 heterocycles. The number of nitrogens with one attached hydrogen (secondary N) is 1. The second-order valence-corrected chi connectivity index (χ2v) is 8.55. The van der Waals surface area contributed by atoms with Crippen LogP contribution in [0.4, 0.5) is 0 Å². The Morgan fingerprint density at radius 2 is 1.97 bits per heavy atom. The number of amides is 2. The SMILES string of the molecule is Cc1ncncc1-c1ccc([C@H](CO)NC(=O)[C@@H]2C[C@@H](O)CN2C(=O)[C@@H](N)C(C)C)cc1. The van der Waals surface area contributed by atoms with Crippen molar-refractivity contribution < 1.29 is 19.8 Å². The summed E-state index contributed by atoms with van der Waals surface area (Å²) in [5.41, 5.74) is 9.38. The molecule has 4 atom stereocenters. The number of β-amino-alcohol motifs (C(OH)–C–C–N with tert-alkyl or cyclic N) is 1. The number of hydrogen-bond donors (Lipinski definition) is 4. The van der Waals surface area contributed by atoms with E-state index in [1.54, 1.807) is 6.20 Å². The number of hydrogen-bond acceptors (Lipinski definition) is 7. The summed E-state index contributed by atoms with van der Waals surface area (Å²) in [5.74, 6) is -0.880. The fourth-order valence-electron chi connectivity index (χ4n) is 3.85. The highest BCUT2D eigenvalue weighted by Gasteiger charge is 2.41. The number of aryl methyl sites for hydroxylation is 1. The van der Waals surface area contributed by atoms with Crippen LogP contribution in [-0.4, -0.2) is 68.2 Å². The van der Waals surface area contributed by atoms with Crippen molar-refractivity contribution in [1.29, 1.82) is 0 Å². The van der Waals surface area contributed by atoms with Crippen molar-refractivity contribution in [1.82, 2.24) is 20.2 Å². The van der Waals surface area contributed by atoms with Crippen molar-refractivity contribution in [3.63, 3.8) is 0 Å². The van der Waals surface area contributed by atoms with Crippen molar-refractivity contribution in [2.75, 3.05) is 13.2 Å². The molecule has 1 aliphatic rings. The average molecular weight is 442 g/mol. The molecule has 2 amide bonds. The highest BCUT2D eigenvalue weighted by Crippen LogP contribution is 2.25. The molecule has 2 aromatic rings. The molecule has 5 N–H and O–H groups in total. The fraction of sp³-hybridized carbons (Fsp3) is 0.478. The smallest absolute Gasteiger partial charge is 0.243 e. The summed E-state index contributed by atoms with van der Waals surface area (Å²) in [4.78, 5) is 35.3. The van der Waals surface area contributed by atoms with Crippen LogP contribution >= 0.6 is 0 Å². The lowest BCUT2D eigenvalue weighted by Gasteiger charge is -2.29. The molecule has 1 aromatic heterocycles. The molecule has 9 nitrogen and oxygen atoms in total. The number of nitrogens with two attached hydrogens (primary N) is 1. The van der Waals surface area contributed by atoms with Gasteiger partial charge in [-0.25, -0.2) is 9.97 Å². The minimum absolute atomic E-state index is 0.0638. The summed E-state index contributed by atoms with van der Waals surface area (Å²) in [5, 5.41) is 22.8. The van der Waals surface area contributed by atoms with Crippen molar-refractivity contribution in [3.05, 3.63) is 48.0 Å². The lowest BCUT2D eigenvalue weighted by atomic mass is 10.0. The first kappa shape index (κ1) is 23.8. The molecule has 1 fully saturated rings. The molecule has 1 aliphatic heterocycles.